The molecular weight excluding hydrogens is 284 g/mol. The molecule has 0 aliphatic heterocycles. The first kappa shape index (κ1) is 14.1. The van der Waals surface area contributed by atoms with Crippen LogP contribution in [-0.4, -0.2) is 33.5 Å². The monoisotopic (exact) mass is 302 g/mol. The topological polar surface area (TPSA) is 59.8 Å². The maximum Gasteiger partial charge on any atom is 0.230 e. The summed E-state index contributed by atoms with van der Waals surface area (Å²) in [4.78, 5) is 11.4. The SMILES string of the molecule is CNC(=O)CSc1nnc(C2CC2)n1Cc1ccccc1. The number of benzene rings is 1. The molecule has 0 spiro atoms. The smallest absolute Gasteiger partial charge is 0.230 e. The molecule has 1 amide bonds. The molecule has 3 rings (SSSR count). The first-order chi connectivity index (χ1) is 10.3. The van der Waals surface area contributed by atoms with Gasteiger partial charge in [0, 0.05) is 13.0 Å². The Labute approximate surface area is 128 Å². The molecule has 1 heterocycles. The minimum atomic E-state index is 0.00207. The Morgan fingerprint density at radius 1 is 1.33 bits per heavy atom. The molecule has 2 aromatic rings. The fraction of sp³-hybridized carbons (Fsp3) is 0.400. The third-order valence-corrected chi connectivity index (χ3v) is 4.45. The Balaban J connectivity index is 1.81. The van der Waals surface area contributed by atoms with Crippen LogP contribution in [0.25, 0.3) is 0 Å². The molecule has 1 aromatic heterocycles. The summed E-state index contributed by atoms with van der Waals surface area (Å²) in [5, 5.41) is 12.1. The number of aromatic nitrogens is 3. The quantitative estimate of drug-likeness (QED) is 0.830. The molecule has 0 saturated heterocycles. The van der Waals surface area contributed by atoms with Gasteiger partial charge >= 0.3 is 0 Å². The maximum atomic E-state index is 11.4. The van der Waals surface area contributed by atoms with Crippen LogP contribution in [0.2, 0.25) is 0 Å². The minimum Gasteiger partial charge on any atom is -0.358 e. The lowest BCUT2D eigenvalue weighted by Crippen LogP contribution is -2.20. The van der Waals surface area contributed by atoms with Crippen molar-refractivity contribution in [2.45, 2.75) is 30.5 Å². The van der Waals surface area contributed by atoms with Crippen LogP contribution < -0.4 is 5.32 Å². The van der Waals surface area contributed by atoms with Crippen molar-refractivity contribution in [3.05, 3.63) is 41.7 Å². The summed E-state index contributed by atoms with van der Waals surface area (Å²) < 4.78 is 2.15. The summed E-state index contributed by atoms with van der Waals surface area (Å²) in [6.07, 6.45) is 2.38. The van der Waals surface area contributed by atoms with Gasteiger partial charge in [0.1, 0.15) is 5.82 Å². The Hall–Kier alpha value is -1.82. The van der Waals surface area contributed by atoms with Gasteiger partial charge in [0.05, 0.1) is 12.3 Å². The van der Waals surface area contributed by atoms with E-state index in [1.54, 1.807) is 7.05 Å². The molecule has 0 unspecified atom stereocenters. The highest BCUT2D eigenvalue weighted by atomic mass is 32.2. The molecule has 1 fully saturated rings. The molecule has 0 atom stereocenters. The van der Waals surface area contributed by atoms with E-state index < -0.39 is 0 Å². The number of hydrogen-bond acceptors (Lipinski definition) is 4. The van der Waals surface area contributed by atoms with Gasteiger partial charge in [-0.1, -0.05) is 42.1 Å². The molecule has 21 heavy (non-hydrogen) atoms. The van der Waals surface area contributed by atoms with Crippen LogP contribution in [0.1, 0.15) is 30.1 Å². The van der Waals surface area contributed by atoms with Crippen molar-refractivity contribution in [3.63, 3.8) is 0 Å². The summed E-state index contributed by atoms with van der Waals surface area (Å²) in [7, 11) is 1.65. The molecule has 5 nitrogen and oxygen atoms in total. The molecule has 1 aliphatic rings. The van der Waals surface area contributed by atoms with Crippen LogP contribution in [0, 0.1) is 0 Å². The lowest BCUT2D eigenvalue weighted by atomic mass is 10.2. The second kappa shape index (κ2) is 6.30. The summed E-state index contributed by atoms with van der Waals surface area (Å²) in [5.41, 5.74) is 1.22. The molecule has 0 radical (unpaired) electrons. The summed E-state index contributed by atoms with van der Waals surface area (Å²) in [6, 6.07) is 10.3. The number of hydrogen-bond donors (Lipinski definition) is 1. The molecule has 1 N–H and O–H groups in total. The van der Waals surface area contributed by atoms with Crippen LogP contribution in [-0.2, 0) is 11.3 Å². The third kappa shape index (κ3) is 3.44. The standard InChI is InChI=1S/C15H18N4OS/c1-16-13(20)10-21-15-18-17-14(12-7-8-12)19(15)9-11-5-3-2-4-6-11/h2-6,12H,7-10H2,1H3,(H,16,20). The molecule has 6 heteroatoms. The van der Waals surface area contributed by atoms with Gasteiger partial charge < -0.3 is 9.88 Å². The summed E-state index contributed by atoms with van der Waals surface area (Å²) >= 11 is 1.44. The fourth-order valence-electron chi connectivity index (χ4n) is 2.17. The van der Waals surface area contributed by atoms with Crippen molar-refractivity contribution in [1.82, 2.24) is 20.1 Å². The average molecular weight is 302 g/mol. The first-order valence-corrected chi connectivity index (χ1v) is 8.07. The van der Waals surface area contributed by atoms with Gasteiger partial charge in [-0.3, -0.25) is 4.79 Å². The molecule has 1 aliphatic carbocycles. The predicted molar refractivity (Wildman–Crippen MR) is 82.3 cm³/mol. The first-order valence-electron chi connectivity index (χ1n) is 7.08. The lowest BCUT2D eigenvalue weighted by Gasteiger charge is -2.09. The summed E-state index contributed by atoms with van der Waals surface area (Å²) in [5.74, 6) is 1.96. The van der Waals surface area contributed by atoms with E-state index in [1.807, 2.05) is 18.2 Å². The van der Waals surface area contributed by atoms with E-state index in [-0.39, 0.29) is 5.91 Å². The van der Waals surface area contributed by atoms with Crippen LogP contribution in [0.15, 0.2) is 35.5 Å². The Morgan fingerprint density at radius 2 is 2.10 bits per heavy atom. The largest absolute Gasteiger partial charge is 0.358 e. The van der Waals surface area contributed by atoms with Crippen LogP contribution in [0.3, 0.4) is 0 Å². The lowest BCUT2D eigenvalue weighted by molar-refractivity contribution is -0.118. The number of rotatable bonds is 6. The van der Waals surface area contributed by atoms with E-state index in [9.17, 15) is 4.79 Å². The van der Waals surface area contributed by atoms with Crippen molar-refractivity contribution in [3.8, 4) is 0 Å². The number of carbonyl (C=O) groups excluding carboxylic acids is 1. The second-order valence-electron chi connectivity index (χ2n) is 5.15. The molecule has 110 valence electrons. The zero-order valence-corrected chi connectivity index (χ0v) is 12.8. The van der Waals surface area contributed by atoms with Gasteiger partial charge in [0.2, 0.25) is 5.91 Å². The zero-order valence-electron chi connectivity index (χ0n) is 12.0. The Morgan fingerprint density at radius 3 is 2.76 bits per heavy atom. The van der Waals surface area contributed by atoms with Crippen LogP contribution in [0.4, 0.5) is 0 Å². The van der Waals surface area contributed by atoms with E-state index in [0.29, 0.717) is 11.7 Å². The molecule has 0 bridgehead atoms. The van der Waals surface area contributed by atoms with Gasteiger partial charge in [0.15, 0.2) is 5.16 Å². The van der Waals surface area contributed by atoms with Crippen LogP contribution in [0.5, 0.6) is 0 Å². The number of nitrogens with one attached hydrogen (secondary N) is 1. The number of carbonyl (C=O) groups is 1. The zero-order chi connectivity index (χ0) is 14.7. The number of thioether (sulfide) groups is 1. The Bertz CT molecular complexity index is 622. The maximum absolute atomic E-state index is 11.4. The highest BCUT2D eigenvalue weighted by Crippen LogP contribution is 2.40. The van der Waals surface area contributed by atoms with E-state index in [4.69, 9.17) is 0 Å². The predicted octanol–water partition coefficient (Wildman–Crippen LogP) is 2.04. The third-order valence-electron chi connectivity index (χ3n) is 3.48. The van der Waals surface area contributed by atoms with Gasteiger partial charge in [-0.25, -0.2) is 0 Å². The highest BCUT2D eigenvalue weighted by molar-refractivity contribution is 7.99. The van der Waals surface area contributed by atoms with Crippen LogP contribution >= 0.6 is 11.8 Å². The number of amides is 1. The fourth-order valence-corrected chi connectivity index (χ4v) is 2.98. The van der Waals surface area contributed by atoms with E-state index in [2.05, 4.69) is 32.2 Å². The number of nitrogens with zero attached hydrogens (tertiary/aromatic N) is 3. The van der Waals surface area contributed by atoms with Crippen molar-refractivity contribution in [1.29, 1.82) is 0 Å². The molecular formula is C15H18N4OS. The molecule has 1 aromatic carbocycles. The van der Waals surface area contributed by atoms with Gasteiger partial charge in [-0.15, -0.1) is 10.2 Å². The molecule has 1 saturated carbocycles. The van der Waals surface area contributed by atoms with Crippen molar-refractivity contribution < 1.29 is 4.79 Å². The van der Waals surface area contributed by atoms with Crippen molar-refractivity contribution in [2.75, 3.05) is 12.8 Å². The van der Waals surface area contributed by atoms with E-state index in [0.717, 1.165) is 17.5 Å². The van der Waals surface area contributed by atoms with Gasteiger partial charge in [-0.05, 0) is 18.4 Å². The summed E-state index contributed by atoms with van der Waals surface area (Å²) in [6.45, 7) is 0.760. The van der Waals surface area contributed by atoms with Gasteiger partial charge in [0.25, 0.3) is 0 Å². The van der Waals surface area contributed by atoms with E-state index in [1.165, 1.54) is 30.2 Å². The average Bonchev–Trinajstić information content (AvgIpc) is 3.29. The highest BCUT2D eigenvalue weighted by Gasteiger charge is 2.30. The Kier molecular flexibility index (Phi) is 4.24. The second-order valence-corrected chi connectivity index (χ2v) is 6.09. The normalized spacial score (nSPS) is 14.1. The minimum absolute atomic E-state index is 0.00207. The van der Waals surface area contributed by atoms with Gasteiger partial charge in [-0.2, -0.15) is 0 Å². The van der Waals surface area contributed by atoms with Crippen molar-refractivity contribution in [2.24, 2.45) is 0 Å². The van der Waals surface area contributed by atoms with Crippen molar-refractivity contribution >= 4 is 17.7 Å². The van der Waals surface area contributed by atoms with E-state index >= 15 is 0 Å².